The number of benzene rings is 2. The minimum atomic E-state index is -0.770. The van der Waals surface area contributed by atoms with Gasteiger partial charge in [-0.05, 0) is 30.7 Å². The highest BCUT2D eigenvalue weighted by atomic mass is 35.5. The van der Waals surface area contributed by atoms with Gasteiger partial charge in [-0.25, -0.2) is 4.98 Å². The minimum absolute atomic E-state index is 0.309. The number of nitrogens with one attached hydrogen (secondary N) is 2. The second-order valence-corrected chi connectivity index (χ2v) is 8.49. The summed E-state index contributed by atoms with van der Waals surface area (Å²) in [6.45, 7) is 1.59. The molecule has 2 amide bonds. The lowest BCUT2D eigenvalue weighted by atomic mass is 10.1. The number of carbonyl (C=O) groups excluding carboxylic acids is 2. The van der Waals surface area contributed by atoms with E-state index in [4.69, 9.17) is 34.8 Å². The fourth-order valence-electron chi connectivity index (χ4n) is 2.52. The van der Waals surface area contributed by atoms with Crippen LogP contribution in [0.3, 0.4) is 0 Å². The topological polar surface area (TPSA) is 71.1 Å². The molecular formula is C20H16Cl3N3O2S. The van der Waals surface area contributed by atoms with Crippen LogP contribution in [-0.4, -0.2) is 22.8 Å². The summed E-state index contributed by atoms with van der Waals surface area (Å²) in [6, 6.07) is 11.3. The Bertz CT molecular complexity index is 1050. The quantitative estimate of drug-likeness (QED) is 0.505. The normalized spacial score (nSPS) is 11.7. The Morgan fingerprint density at radius 2 is 1.79 bits per heavy atom. The maximum atomic E-state index is 12.4. The van der Waals surface area contributed by atoms with Gasteiger partial charge in [0.05, 0.1) is 20.6 Å². The summed E-state index contributed by atoms with van der Waals surface area (Å²) < 4.78 is 0. The summed E-state index contributed by atoms with van der Waals surface area (Å²) >= 11 is 19.6. The molecule has 0 aliphatic heterocycles. The Balaban J connectivity index is 1.60. The van der Waals surface area contributed by atoms with E-state index < -0.39 is 11.9 Å². The van der Waals surface area contributed by atoms with Gasteiger partial charge in [-0.1, -0.05) is 59.1 Å². The molecule has 0 radical (unpaired) electrons. The number of hydrogen-bond donors (Lipinski definition) is 2. The van der Waals surface area contributed by atoms with Crippen molar-refractivity contribution in [3.05, 3.63) is 79.7 Å². The van der Waals surface area contributed by atoms with Crippen molar-refractivity contribution >= 4 is 63.1 Å². The average Bonchev–Trinajstić information content (AvgIpc) is 3.12. The van der Waals surface area contributed by atoms with Crippen molar-refractivity contribution in [3.63, 3.8) is 0 Å². The van der Waals surface area contributed by atoms with Crippen LogP contribution in [0, 0.1) is 0 Å². The Kier molecular flexibility index (Phi) is 7.14. The predicted octanol–water partition coefficient (Wildman–Crippen LogP) is 5.45. The Hall–Kier alpha value is -2.12. The van der Waals surface area contributed by atoms with Gasteiger partial charge in [0.25, 0.3) is 5.91 Å². The second kappa shape index (κ2) is 9.59. The first-order chi connectivity index (χ1) is 13.8. The van der Waals surface area contributed by atoms with Crippen molar-refractivity contribution in [2.45, 2.75) is 19.4 Å². The van der Waals surface area contributed by atoms with Crippen LogP contribution in [0.25, 0.3) is 0 Å². The SMILES string of the molecule is CC(NC(=O)c1ccccc1Cl)C(=O)Nc1ncc(Cc2cccc(Cl)c2Cl)s1. The fraction of sp³-hybridized carbons (Fsp3) is 0.150. The Morgan fingerprint density at radius 3 is 2.55 bits per heavy atom. The van der Waals surface area contributed by atoms with E-state index in [-0.39, 0.29) is 5.91 Å². The molecule has 1 heterocycles. The predicted molar refractivity (Wildman–Crippen MR) is 118 cm³/mol. The van der Waals surface area contributed by atoms with Gasteiger partial charge in [0.1, 0.15) is 6.04 Å². The summed E-state index contributed by atoms with van der Waals surface area (Å²) in [5.74, 6) is -0.805. The number of anilines is 1. The fourth-order valence-corrected chi connectivity index (χ4v) is 3.97. The summed E-state index contributed by atoms with van der Waals surface area (Å²) in [6.07, 6.45) is 2.22. The first-order valence-corrected chi connectivity index (χ1v) is 10.5. The number of halogens is 3. The molecule has 150 valence electrons. The number of nitrogens with zero attached hydrogens (tertiary/aromatic N) is 1. The van der Waals surface area contributed by atoms with E-state index in [0.717, 1.165) is 10.4 Å². The van der Waals surface area contributed by atoms with Crippen LogP contribution in [0.1, 0.15) is 27.7 Å². The molecule has 0 aliphatic carbocycles. The number of amides is 2. The molecule has 0 spiro atoms. The van der Waals surface area contributed by atoms with Gasteiger partial charge >= 0.3 is 0 Å². The average molecular weight is 469 g/mol. The van der Waals surface area contributed by atoms with Gasteiger partial charge in [-0.3, -0.25) is 9.59 Å². The molecule has 3 rings (SSSR count). The van der Waals surface area contributed by atoms with E-state index in [2.05, 4.69) is 15.6 Å². The van der Waals surface area contributed by atoms with Crippen molar-refractivity contribution in [3.8, 4) is 0 Å². The van der Waals surface area contributed by atoms with Gasteiger partial charge in [0.2, 0.25) is 5.91 Å². The molecule has 1 atom stereocenters. The second-order valence-electron chi connectivity index (χ2n) is 6.19. The first kappa shape index (κ1) is 21.6. The van der Waals surface area contributed by atoms with Crippen LogP contribution in [0.15, 0.2) is 48.7 Å². The molecule has 0 fully saturated rings. The van der Waals surface area contributed by atoms with E-state index in [1.54, 1.807) is 43.5 Å². The lowest BCUT2D eigenvalue weighted by Gasteiger charge is -2.13. The molecule has 3 aromatic rings. The standard InChI is InChI=1S/C20H16Cl3N3O2S/c1-11(25-19(28)14-6-2-3-7-15(14)21)18(27)26-20-24-10-13(29-20)9-12-5-4-8-16(22)17(12)23/h2-8,10-11H,9H2,1H3,(H,25,28)(H,24,26,27). The van der Waals surface area contributed by atoms with E-state index in [9.17, 15) is 9.59 Å². The highest BCUT2D eigenvalue weighted by Gasteiger charge is 2.19. The maximum Gasteiger partial charge on any atom is 0.253 e. The van der Waals surface area contributed by atoms with Crippen LogP contribution < -0.4 is 10.6 Å². The zero-order chi connectivity index (χ0) is 21.0. The van der Waals surface area contributed by atoms with E-state index in [0.29, 0.717) is 32.2 Å². The molecule has 0 saturated carbocycles. The Labute approximate surface area is 187 Å². The maximum absolute atomic E-state index is 12.4. The van der Waals surface area contributed by atoms with Gasteiger partial charge in [-0.2, -0.15) is 0 Å². The van der Waals surface area contributed by atoms with Crippen molar-refractivity contribution in [1.82, 2.24) is 10.3 Å². The van der Waals surface area contributed by atoms with Gasteiger partial charge in [0, 0.05) is 17.5 Å². The molecule has 29 heavy (non-hydrogen) atoms. The summed E-state index contributed by atoms with van der Waals surface area (Å²) in [5, 5.41) is 7.08. The van der Waals surface area contributed by atoms with E-state index >= 15 is 0 Å². The number of hydrogen-bond acceptors (Lipinski definition) is 4. The van der Waals surface area contributed by atoms with Crippen molar-refractivity contribution in [2.24, 2.45) is 0 Å². The van der Waals surface area contributed by atoms with Gasteiger partial charge in [0.15, 0.2) is 5.13 Å². The monoisotopic (exact) mass is 467 g/mol. The summed E-state index contributed by atoms with van der Waals surface area (Å²) in [7, 11) is 0. The zero-order valence-corrected chi connectivity index (χ0v) is 18.3. The molecule has 1 aromatic heterocycles. The molecule has 2 N–H and O–H groups in total. The summed E-state index contributed by atoms with van der Waals surface area (Å²) in [5.41, 5.74) is 1.19. The molecule has 0 bridgehead atoms. The summed E-state index contributed by atoms with van der Waals surface area (Å²) in [4.78, 5) is 29.8. The van der Waals surface area contributed by atoms with Gasteiger partial charge < -0.3 is 10.6 Å². The number of thiazole rings is 1. The third kappa shape index (κ3) is 5.48. The van der Waals surface area contributed by atoms with Crippen LogP contribution in [0.2, 0.25) is 15.1 Å². The molecule has 9 heteroatoms. The highest BCUT2D eigenvalue weighted by Crippen LogP contribution is 2.29. The van der Waals surface area contributed by atoms with Crippen LogP contribution >= 0.6 is 46.1 Å². The first-order valence-electron chi connectivity index (χ1n) is 8.59. The van der Waals surface area contributed by atoms with Crippen LogP contribution in [-0.2, 0) is 11.2 Å². The number of carbonyl (C=O) groups is 2. The molecule has 2 aromatic carbocycles. The van der Waals surface area contributed by atoms with E-state index in [1.165, 1.54) is 11.3 Å². The lowest BCUT2D eigenvalue weighted by molar-refractivity contribution is -0.117. The van der Waals surface area contributed by atoms with Crippen molar-refractivity contribution in [1.29, 1.82) is 0 Å². The van der Waals surface area contributed by atoms with Crippen LogP contribution in [0.5, 0.6) is 0 Å². The molecular weight excluding hydrogens is 453 g/mol. The van der Waals surface area contributed by atoms with Crippen molar-refractivity contribution in [2.75, 3.05) is 5.32 Å². The molecule has 0 aliphatic rings. The lowest BCUT2D eigenvalue weighted by Crippen LogP contribution is -2.41. The third-order valence-electron chi connectivity index (χ3n) is 4.04. The van der Waals surface area contributed by atoms with E-state index in [1.807, 2.05) is 12.1 Å². The largest absolute Gasteiger partial charge is 0.340 e. The van der Waals surface area contributed by atoms with Gasteiger partial charge in [-0.15, -0.1) is 11.3 Å². The van der Waals surface area contributed by atoms with Crippen LogP contribution in [0.4, 0.5) is 5.13 Å². The minimum Gasteiger partial charge on any atom is -0.340 e. The smallest absolute Gasteiger partial charge is 0.253 e. The Morgan fingerprint density at radius 1 is 1.07 bits per heavy atom. The highest BCUT2D eigenvalue weighted by molar-refractivity contribution is 7.15. The molecule has 0 saturated heterocycles. The molecule has 5 nitrogen and oxygen atoms in total. The number of rotatable bonds is 6. The zero-order valence-electron chi connectivity index (χ0n) is 15.2. The molecule has 1 unspecified atom stereocenters. The number of aromatic nitrogens is 1. The third-order valence-corrected chi connectivity index (χ3v) is 6.14. The van der Waals surface area contributed by atoms with Crippen molar-refractivity contribution < 1.29 is 9.59 Å².